The number of rotatable bonds is 2. The fourth-order valence-electron chi connectivity index (χ4n) is 1.71. The standard InChI is InChI=1S/C13H13BrN2/c1-9-6-10(2)16-13(15-9)8-11-4-3-5-12(14)7-11/h3-7H,8H2,1-2H3. The molecular weight excluding hydrogens is 264 g/mol. The molecule has 82 valence electrons. The van der Waals surface area contributed by atoms with Gasteiger partial charge in [-0.05, 0) is 37.6 Å². The summed E-state index contributed by atoms with van der Waals surface area (Å²) in [6.45, 7) is 4.00. The van der Waals surface area contributed by atoms with Gasteiger partial charge < -0.3 is 0 Å². The average Bonchev–Trinajstić information content (AvgIpc) is 2.15. The number of nitrogens with zero attached hydrogens (tertiary/aromatic N) is 2. The summed E-state index contributed by atoms with van der Waals surface area (Å²) in [5.41, 5.74) is 3.27. The van der Waals surface area contributed by atoms with Crippen LogP contribution in [-0.4, -0.2) is 9.97 Å². The van der Waals surface area contributed by atoms with Gasteiger partial charge in [0.05, 0.1) is 0 Å². The molecule has 0 fully saturated rings. The lowest BCUT2D eigenvalue weighted by atomic mass is 10.1. The maximum Gasteiger partial charge on any atom is 0.133 e. The van der Waals surface area contributed by atoms with Crippen LogP contribution in [0.15, 0.2) is 34.8 Å². The van der Waals surface area contributed by atoms with E-state index in [9.17, 15) is 0 Å². The molecule has 2 nitrogen and oxygen atoms in total. The molecule has 3 heteroatoms. The molecule has 0 aliphatic heterocycles. The Labute approximate surface area is 104 Å². The van der Waals surface area contributed by atoms with E-state index in [-0.39, 0.29) is 0 Å². The Morgan fingerprint density at radius 3 is 2.38 bits per heavy atom. The molecule has 0 bridgehead atoms. The largest absolute Gasteiger partial charge is 0.238 e. The summed E-state index contributed by atoms with van der Waals surface area (Å²) in [6, 6.07) is 10.2. The molecule has 0 radical (unpaired) electrons. The predicted molar refractivity (Wildman–Crippen MR) is 68.5 cm³/mol. The van der Waals surface area contributed by atoms with Crippen LogP contribution in [-0.2, 0) is 6.42 Å². The minimum absolute atomic E-state index is 0.780. The van der Waals surface area contributed by atoms with Crippen LogP contribution in [0.5, 0.6) is 0 Å². The van der Waals surface area contributed by atoms with Crippen molar-refractivity contribution in [2.75, 3.05) is 0 Å². The second-order valence-corrected chi connectivity index (χ2v) is 4.79. The minimum Gasteiger partial charge on any atom is -0.238 e. The molecule has 0 aliphatic carbocycles. The van der Waals surface area contributed by atoms with Crippen molar-refractivity contribution >= 4 is 15.9 Å². The molecule has 0 saturated carbocycles. The van der Waals surface area contributed by atoms with E-state index >= 15 is 0 Å². The number of hydrogen-bond acceptors (Lipinski definition) is 2. The first-order valence-corrected chi connectivity index (χ1v) is 5.98. The highest BCUT2D eigenvalue weighted by Gasteiger charge is 2.01. The zero-order valence-electron chi connectivity index (χ0n) is 9.37. The molecule has 0 saturated heterocycles. The summed E-state index contributed by atoms with van der Waals surface area (Å²) >= 11 is 3.46. The van der Waals surface area contributed by atoms with Crippen LogP contribution in [0.4, 0.5) is 0 Å². The molecule has 2 aromatic rings. The Morgan fingerprint density at radius 1 is 1.06 bits per heavy atom. The van der Waals surface area contributed by atoms with Crippen LogP contribution in [0.2, 0.25) is 0 Å². The van der Waals surface area contributed by atoms with Gasteiger partial charge in [0, 0.05) is 22.3 Å². The van der Waals surface area contributed by atoms with Crippen molar-refractivity contribution in [1.82, 2.24) is 9.97 Å². The minimum atomic E-state index is 0.780. The first kappa shape index (κ1) is 11.3. The van der Waals surface area contributed by atoms with Crippen molar-refractivity contribution in [2.45, 2.75) is 20.3 Å². The number of aromatic nitrogens is 2. The maximum atomic E-state index is 4.43. The normalized spacial score (nSPS) is 10.4. The molecule has 1 aromatic heterocycles. The van der Waals surface area contributed by atoms with E-state index in [1.165, 1.54) is 5.56 Å². The molecule has 2 rings (SSSR count). The van der Waals surface area contributed by atoms with E-state index in [4.69, 9.17) is 0 Å². The topological polar surface area (TPSA) is 25.8 Å². The van der Waals surface area contributed by atoms with E-state index < -0.39 is 0 Å². The highest BCUT2D eigenvalue weighted by Crippen LogP contribution is 2.14. The Morgan fingerprint density at radius 2 is 1.75 bits per heavy atom. The van der Waals surface area contributed by atoms with Gasteiger partial charge in [-0.3, -0.25) is 0 Å². The lowest BCUT2D eigenvalue weighted by Crippen LogP contribution is -2.00. The molecular formula is C13H13BrN2. The average molecular weight is 277 g/mol. The number of hydrogen-bond donors (Lipinski definition) is 0. The predicted octanol–water partition coefficient (Wildman–Crippen LogP) is 3.45. The van der Waals surface area contributed by atoms with E-state index in [1.54, 1.807) is 0 Å². The first-order valence-electron chi connectivity index (χ1n) is 5.19. The van der Waals surface area contributed by atoms with Gasteiger partial charge >= 0.3 is 0 Å². The van der Waals surface area contributed by atoms with Crippen LogP contribution in [0, 0.1) is 13.8 Å². The molecule has 1 heterocycles. The first-order chi connectivity index (χ1) is 7.63. The van der Waals surface area contributed by atoms with Gasteiger partial charge in [-0.15, -0.1) is 0 Å². The highest BCUT2D eigenvalue weighted by atomic mass is 79.9. The molecule has 0 aliphatic rings. The fourth-order valence-corrected chi connectivity index (χ4v) is 2.15. The van der Waals surface area contributed by atoms with Crippen molar-refractivity contribution in [2.24, 2.45) is 0 Å². The SMILES string of the molecule is Cc1cc(C)nc(Cc2cccc(Br)c2)n1. The summed E-state index contributed by atoms with van der Waals surface area (Å²) in [5, 5.41) is 0. The van der Waals surface area contributed by atoms with Gasteiger partial charge in [0.1, 0.15) is 5.82 Å². The maximum absolute atomic E-state index is 4.43. The Kier molecular flexibility index (Phi) is 3.34. The second kappa shape index (κ2) is 4.74. The van der Waals surface area contributed by atoms with Crippen LogP contribution in [0.3, 0.4) is 0 Å². The Bertz CT molecular complexity index is 489. The van der Waals surface area contributed by atoms with E-state index in [1.807, 2.05) is 32.0 Å². The van der Waals surface area contributed by atoms with Gasteiger partial charge in [0.15, 0.2) is 0 Å². The number of halogens is 1. The smallest absolute Gasteiger partial charge is 0.133 e. The van der Waals surface area contributed by atoms with Gasteiger partial charge in [0.25, 0.3) is 0 Å². The number of benzene rings is 1. The van der Waals surface area contributed by atoms with Crippen LogP contribution >= 0.6 is 15.9 Å². The molecule has 0 amide bonds. The molecule has 0 unspecified atom stereocenters. The third kappa shape index (κ3) is 2.89. The Balaban J connectivity index is 2.27. The van der Waals surface area contributed by atoms with Crippen LogP contribution in [0.1, 0.15) is 22.8 Å². The van der Waals surface area contributed by atoms with E-state index in [2.05, 4.69) is 38.0 Å². The van der Waals surface area contributed by atoms with Crippen molar-refractivity contribution in [3.63, 3.8) is 0 Å². The molecule has 1 aromatic carbocycles. The van der Waals surface area contributed by atoms with E-state index in [0.717, 1.165) is 28.1 Å². The van der Waals surface area contributed by atoms with Gasteiger partial charge in [-0.1, -0.05) is 28.1 Å². The monoisotopic (exact) mass is 276 g/mol. The molecule has 0 atom stereocenters. The lowest BCUT2D eigenvalue weighted by Gasteiger charge is -2.03. The number of aryl methyl sites for hydroxylation is 2. The van der Waals surface area contributed by atoms with Crippen LogP contribution < -0.4 is 0 Å². The van der Waals surface area contributed by atoms with Gasteiger partial charge in [0.2, 0.25) is 0 Å². The third-order valence-corrected chi connectivity index (χ3v) is 2.77. The quantitative estimate of drug-likeness (QED) is 0.840. The van der Waals surface area contributed by atoms with Crippen molar-refractivity contribution < 1.29 is 0 Å². The fraction of sp³-hybridized carbons (Fsp3) is 0.231. The molecule has 0 N–H and O–H groups in total. The third-order valence-electron chi connectivity index (χ3n) is 2.28. The highest BCUT2D eigenvalue weighted by molar-refractivity contribution is 9.10. The summed E-state index contributed by atoms with van der Waals surface area (Å²) in [4.78, 5) is 8.87. The van der Waals surface area contributed by atoms with Crippen LogP contribution in [0.25, 0.3) is 0 Å². The van der Waals surface area contributed by atoms with Gasteiger partial charge in [-0.2, -0.15) is 0 Å². The van der Waals surface area contributed by atoms with Gasteiger partial charge in [-0.25, -0.2) is 9.97 Å². The summed E-state index contributed by atoms with van der Waals surface area (Å²) in [6.07, 6.45) is 0.780. The lowest BCUT2D eigenvalue weighted by molar-refractivity contribution is 0.918. The summed E-state index contributed by atoms with van der Waals surface area (Å²) < 4.78 is 1.09. The van der Waals surface area contributed by atoms with E-state index in [0.29, 0.717) is 0 Å². The molecule has 16 heavy (non-hydrogen) atoms. The summed E-state index contributed by atoms with van der Waals surface area (Å²) in [5.74, 6) is 0.885. The zero-order valence-corrected chi connectivity index (χ0v) is 11.0. The zero-order chi connectivity index (χ0) is 11.5. The van der Waals surface area contributed by atoms with Crippen molar-refractivity contribution in [3.05, 3.63) is 57.6 Å². The second-order valence-electron chi connectivity index (χ2n) is 3.87. The molecule has 0 spiro atoms. The van der Waals surface area contributed by atoms with Crippen molar-refractivity contribution in [3.8, 4) is 0 Å². The van der Waals surface area contributed by atoms with Crippen molar-refractivity contribution in [1.29, 1.82) is 0 Å². The summed E-state index contributed by atoms with van der Waals surface area (Å²) in [7, 11) is 0. The Hall–Kier alpha value is -1.22.